The van der Waals surface area contributed by atoms with E-state index >= 15 is 0 Å². The SMILES string of the molecule is Cc1cccc(OC2=C3CCCCC3(C)CCC2=O)[n+]1C. The Balaban J connectivity index is 2.02. The number of aromatic nitrogens is 1. The number of allylic oxidation sites excluding steroid dienone is 2. The first-order valence-electron chi connectivity index (χ1n) is 7.92. The average molecular weight is 286 g/mol. The maximum Gasteiger partial charge on any atom is 0.373 e. The Morgan fingerprint density at radius 1 is 1.19 bits per heavy atom. The zero-order valence-corrected chi connectivity index (χ0v) is 13.2. The van der Waals surface area contributed by atoms with E-state index in [-0.39, 0.29) is 11.2 Å². The third-order valence-corrected chi connectivity index (χ3v) is 5.21. The Kier molecular flexibility index (Phi) is 3.60. The fourth-order valence-electron chi connectivity index (χ4n) is 3.60. The molecule has 112 valence electrons. The molecule has 1 atom stereocenters. The normalized spacial score (nSPS) is 25.8. The van der Waals surface area contributed by atoms with Crippen molar-refractivity contribution in [2.45, 2.75) is 52.4 Å². The molecular weight excluding hydrogens is 262 g/mol. The molecule has 0 aliphatic heterocycles. The number of rotatable bonds is 2. The molecule has 0 amide bonds. The predicted octanol–water partition coefficient (Wildman–Crippen LogP) is 3.40. The zero-order chi connectivity index (χ0) is 15.0. The third kappa shape index (κ3) is 2.50. The van der Waals surface area contributed by atoms with Gasteiger partial charge < -0.3 is 4.74 Å². The molecular formula is C18H24NO2+. The van der Waals surface area contributed by atoms with Gasteiger partial charge >= 0.3 is 5.88 Å². The van der Waals surface area contributed by atoms with Crippen LogP contribution in [-0.4, -0.2) is 5.78 Å². The molecule has 3 heteroatoms. The molecule has 0 aromatic carbocycles. The van der Waals surface area contributed by atoms with E-state index in [1.54, 1.807) is 0 Å². The summed E-state index contributed by atoms with van der Waals surface area (Å²) < 4.78 is 8.10. The third-order valence-electron chi connectivity index (χ3n) is 5.21. The number of fused-ring (bicyclic) bond motifs is 1. The fraction of sp³-hybridized carbons (Fsp3) is 0.556. The molecule has 1 aromatic rings. The van der Waals surface area contributed by atoms with Crippen LogP contribution >= 0.6 is 0 Å². The second-order valence-corrected chi connectivity index (χ2v) is 6.67. The van der Waals surface area contributed by atoms with Crippen molar-refractivity contribution < 1.29 is 14.1 Å². The summed E-state index contributed by atoms with van der Waals surface area (Å²) in [7, 11) is 1.98. The summed E-state index contributed by atoms with van der Waals surface area (Å²) in [4.78, 5) is 12.4. The Bertz CT molecular complexity index is 618. The summed E-state index contributed by atoms with van der Waals surface area (Å²) in [5, 5.41) is 0. The van der Waals surface area contributed by atoms with E-state index in [9.17, 15) is 4.79 Å². The van der Waals surface area contributed by atoms with E-state index < -0.39 is 0 Å². The fourth-order valence-corrected chi connectivity index (χ4v) is 3.60. The van der Waals surface area contributed by atoms with E-state index in [0.717, 1.165) is 24.4 Å². The Labute approximate surface area is 126 Å². The molecule has 1 fully saturated rings. The van der Waals surface area contributed by atoms with Crippen molar-refractivity contribution >= 4 is 5.78 Å². The van der Waals surface area contributed by atoms with Crippen LogP contribution in [0.3, 0.4) is 0 Å². The number of carbonyl (C=O) groups is 1. The van der Waals surface area contributed by atoms with Crippen LogP contribution in [-0.2, 0) is 11.8 Å². The van der Waals surface area contributed by atoms with Crippen molar-refractivity contribution in [3.63, 3.8) is 0 Å². The van der Waals surface area contributed by atoms with Gasteiger partial charge in [-0.25, -0.2) is 0 Å². The standard InChI is InChI=1S/C18H24NO2/c1-13-7-6-9-16(19(13)3)21-17-14-8-4-5-11-18(14,2)12-10-15(17)20/h6-7,9H,4-5,8,10-12H2,1-3H3/q+1. The van der Waals surface area contributed by atoms with Crippen LogP contribution in [0.25, 0.3) is 0 Å². The molecule has 1 aromatic heterocycles. The van der Waals surface area contributed by atoms with Gasteiger partial charge in [-0.2, -0.15) is 4.57 Å². The smallest absolute Gasteiger partial charge is 0.373 e. The molecule has 0 N–H and O–H groups in total. The summed E-state index contributed by atoms with van der Waals surface area (Å²) in [6, 6.07) is 5.95. The Morgan fingerprint density at radius 2 is 2.00 bits per heavy atom. The second kappa shape index (κ2) is 5.28. The van der Waals surface area contributed by atoms with E-state index in [4.69, 9.17) is 4.74 Å². The molecule has 3 rings (SSSR count). The first-order valence-corrected chi connectivity index (χ1v) is 7.92. The number of ether oxygens (including phenoxy) is 1. The van der Waals surface area contributed by atoms with Gasteiger partial charge in [0.05, 0.1) is 6.07 Å². The van der Waals surface area contributed by atoms with Crippen molar-refractivity contribution in [2.24, 2.45) is 12.5 Å². The lowest BCUT2D eigenvalue weighted by Crippen LogP contribution is -2.37. The number of Topliss-reactive ketones (excluding diaryl/α,β-unsaturated/α-hetero) is 1. The second-order valence-electron chi connectivity index (χ2n) is 6.67. The van der Waals surface area contributed by atoms with Crippen molar-refractivity contribution in [1.29, 1.82) is 0 Å². The number of aryl methyl sites for hydroxylation is 1. The highest BCUT2D eigenvalue weighted by molar-refractivity contribution is 5.95. The van der Waals surface area contributed by atoms with Crippen LogP contribution in [0.5, 0.6) is 5.88 Å². The number of hydrogen-bond acceptors (Lipinski definition) is 2. The first kappa shape index (κ1) is 14.3. The minimum Gasteiger partial charge on any atom is -0.401 e. The number of ketones is 1. The van der Waals surface area contributed by atoms with Gasteiger partial charge in [0.2, 0.25) is 0 Å². The molecule has 0 bridgehead atoms. The predicted molar refractivity (Wildman–Crippen MR) is 80.8 cm³/mol. The maximum atomic E-state index is 12.4. The van der Waals surface area contributed by atoms with Gasteiger partial charge in [-0.3, -0.25) is 4.79 Å². The lowest BCUT2D eigenvalue weighted by molar-refractivity contribution is -0.682. The number of pyridine rings is 1. The number of nitrogens with zero attached hydrogens (tertiary/aromatic N) is 1. The zero-order valence-electron chi connectivity index (χ0n) is 13.2. The summed E-state index contributed by atoms with van der Waals surface area (Å²) >= 11 is 0. The van der Waals surface area contributed by atoms with Crippen molar-refractivity contribution in [3.05, 3.63) is 35.2 Å². The highest BCUT2D eigenvalue weighted by Gasteiger charge is 2.40. The van der Waals surface area contributed by atoms with Gasteiger partial charge in [-0.05, 0) is 42.7 Å². The van der Waals surface area contributed by atoms with Gasteiger partial charge in [0, 0.05) is 19.4 Å². The van der Waals surface area contributed by atoms with Gasteiger partial charge in [-0.1, -0.05) is 13.3 Å². The molecule has 3 nitrogen and oxygen atoms in total. The van der Waals surface area contributed by atoms with Crippen molar-refractivity contribution in [2.75, 3.05) is 0 Å². The summed E-state index contributed by atoms with van der Waals surface area (Å²) in [5.41, 5.74) is 2.54. The monoisotopic (exact) mass is 286 g/mol. The maximum absolute atomic E-state index is 12.4. The lowest BCUT2D eigenvalue weighted by atomic mass is 9.65. The van der Waals surface area contributed by atoms with Crippen LogP contribution < -0.4 is 9.30 Å². The van der Waals surface area contributed by atoms with E-state index in [2.05, 4.69) is 6.92 Å². The Morgan fingerprint density at radius 3 is 2.81 bits per heavy atom. The minimum absolute atomic E-state index is 0.171. The summed E-state index contributed by atoms with van der Waals surface area (Å²) in [6.45, 7) is 4.34. The Hall–Kier alpha value is -1.64. The van der Waals surface area contributed by atoms with Crippen LogP contribution in [0.1, 0.15) is 51.1 Å². The highest BCUT2D eigenvalue weighted by atomic mass is 16.5. The molecule has 21 heavy (non-hydrogen) atoms. The van der Waals surface area contributed by atoms with E-state index in [1.165, 1.54) is 24.8 Å². The van der Waals surface area contributed by atoms with Gasteiger partial charge in [0.1, 0.15) is 7.05 Å². The molecule has 2 aliphatic carbocycles. The molecule has 1 heterocycles. The molecule has 1 saturated carbocycles. The lowest BCUT2D eigenvalue weighted by Gasteiger charge is -2.40. The number of carbonyl (C=O) groups excluding carboxylic acids is 1. The largest absolute Gasteiger partial charge is 0.401 e. The van der Waals surface area contributed by atoms with E-state index in [0.29, 0.717) is 12.2 Å². The number of hydrogen-bond donors (Lipinski definition) is 0. The van der Waals surface area contributed by atoms with Crippen molar-refractivity contribution in [1.82, 2.24) is 0 Å². The van der Waals surface area contributed by atoms with Crippen LogP contribution in [0.15, 0.2) is 29.5 Å². The van der Waals surface area contributed by atoms with Crippen LogP contribution in [0, 0.1) is 12.3 Å². The summed E-state index contributed by atoms with van der Waals surface area (Å²) in [5.74, 6) is 1.55. The van der Waals surface area contributed by atoms with Gasteiger partial charge in [0.25, 0.3) is 0 Å². The molecule has 2 aliphatic rings. The minimum atomic E-state index is 0.171. The highest BCUT2D eigenvalue weighted by Crippen LogP contribution is 2.48. The van der Waals surface area contributed by atoms with Gasteiger partial charge in [0.15, 0.2) is 17.2 Å². The average Bonchev–Trinajstić information content (AvgIpc) is 2.47. The van der Waals surface area contributed by atoms with Crippen LogP contribution in [0.4, 0.5) is 0 Å². The quantitative estimate of drug-likeness (QED) is 0.780. The molecule has 0 saturated heterocycles. The topological polar surface area (TPSA) is 30.2 Å². The first-order chi connectivity index (χ1) is 10.0. The molecule has 0 radical (unpaired) electrons. The van der Waals surface area contributed by atoms with E-state index in [1.807, 2.05) is 36.7 Å². The van der Waals surface area contributed by atoms with Crippen molar-refractivity contribution in [3.8, 4) is 5.88 Å². The summed E-state index contributed by atoms with van der Waals surface area (Å²) in [6.07, 6.45) is 6.22. The van der Waals surface area contributed by atoms with Gasteiger partial charge in [-0.15, -0.1) is 0 Å². The molecule has 1 unspecified atom stereocenters. The van der Waals surface area contributed by atoms with Crippen LogP contribution in [0.2, 0.25) is 0 Å². The molecule has 0 spiro atoms.